The number of carbonyl (C=O) groups is 1. The van der Waals surface area contributed by atoms with Crippen LogP contribution in [0.25, 0.3) is 0 Å². The van der Waals surface area contributed by atoms with Crippen molar-refractivity contribution in [2.75, 3.05) is 19.3 Å². The van der Waals surface area contributed by atoms with Crippen molar-refractivity contribution in [1.82, 2.24) is 14.7 Å². The van der Waals surface area contributed by atoms with E-state index in [1.807, 2.05) is 0 Å². The maximum atomic E-state index is 12.1. The lowest BCUT2D eigenvalue weighted by molar-refractivity contribution is 0.0759. The SMILES string of the molecule is Cc1nn(C)c(C(=O)N(C)CCC(C)O)c1N. The molecule has 0 saturated carbocycles. The van der Waals surface area contributed by atoms with Crippen LogP contribution in [0.3, 0.4) is 0 Å². The summed E-state index contributed by atoms with van der Waals surface area (Å²) in [6, 6.07) is 0. The highest BCUT2D eigenvalue weighted by atomic mass is 16.3. The third kappa shape index (κ3) is 2.97. The maximum Gasteiger partial charge on any atom is 0.274 e. The number of anilines is 1. The van der Waals surface area contributed by atoms with E-state index in [4.69, 9.17) is 5.73 Å². The van der Waals surface area contributed by atoms with Gasteiger partial charge in [0.05, 0.1) is 17.5 Å². The van der Waals surface area contributed by atoms with Gasteiger partial charge in [-0.3, -0.25) is 9.48 Å². The molecule has 0 spiro atoms. The Morgan fingerprint density at radius 1 is 1.65 bits per heavy atom. The lowest BCUT2D eigenvalue weighted by Crippen LogP contribution is -2.31. The highest BCUT2D eigenvalue weighted by Gasteiger charge is 2.21. The van der Waals surface area contributed by atoms with Crippen molar-refractivity contribution >= 4 is 11.6 Å². The molecule has 1 heterocycles. The standard InChI is InChI=1S/C11H20N4O2/c1-7(16)5-6-14(3)11(17)10-9(12)8(2)13-15(10)4/h7,16H,5-6,12H2,1-4H3. The number of rotatable bonds is 4. The van der Waals surface area contributed by atoms with Gasteiger partial charge in [-0.05, 0) is 20.3 Å². The molecule has 0 fully saturated rings. The summed E-state index contributed by atoms with van der Waals surface area (Å²) in [4.78, 5) is 13.7. The van der Waals surface area contributed by atoms with E-state index in [1.165, 1.54) is 4.68 Å². The third-order valence-electron chi connectivity index (χ3n) is 2.70. The van der Waals surface area contributed by atoms with Gasteiger partial charge in [0.2, 0.25) is 0 Å². The zero-order valence-electron chi connectivity index (χ0n) is 10.8. The smallest absolute Gasteiger partial charge is 0.274 e. The Balaban J connectivity index is 2.82. The summed E-state index contributed by atoms with van der Waals surface area (Å²) in [6.07, 6.45) is 0.120. The molecule has 1 atom stereocenters. The fourth-order valence-electron chi connectivity index (χ4n) is 1.59. The van der Waals surface area contributed by atoms with E-state index in [1.54, 1.807) is 32.8 Å². The summed E-state index contributed by atoms with van der Waals surface area (Å²) in [5.74, 6) is -0.175. The molecule has 96 valence electrons. The molecule has 1 rings (SSSR count). The number of nitrogen functional groups attached to an aromatic ring is 1. The molecule has 1 unspecified atom stereocenters. The van der Waals surface area contributed by atoms with Crippen molar-refractivity contribution in [3.8, 4) is 0 Å². The number of hydrogen-bond acceptors (Lipinski definition) is 4. The molecular formula is C11H20N4O2. The normalized spacial score (nSPS) is 12.5. The summed E-state index contributed by atoms with van der Waals surface area (Å²) >= 11 is 0. The van der Waals surface area contributed by atoms with Crippen LogP contribution < -0.4 is 5.73 Å². The Morgan fingerprint density at radius 2 is 2.24 bits per heavy atom. The predicted octanol–water partition coefficient (Wildman–Crippen LogP) is 0.154. The van der Waals surface area contributed by atoms with Gasteiger partial charge in [0.1, 0.15) is 5.69 Å². The van der Waals surface area contributed by atoms with E-state index < -0.39 is 6.10 Å². The van der Waals surface area contributed by atoms with Crippen LogP contribution in [0.4, 0.5) is 5.69 Å². The van der Waals surface area contributed by atoms with Crippen molar-refractivity contribution in [3.05, 3.63) is 11.4 Å². The maximum absolute atomic E-state index is 12.1. The molecule has 0 aliphatic rings. The monoisotopic (exact) mass is 240 g/mol. The van der Waals surface area contributed by atoms with Gasteiger partial charge >= 0.3 is 0 Å². The second-order valence-electron chi connectivity index (χ2n) is 4.34. The quantitative estimate of drug-likeness (QED) is 0.784. The van der Waals surface area contributed by atoms with Crippen LogP contribution in [0, 0.1) is 6.92 Å². The van der Waals surface area contributed by atoms with E-state index in [0.717, 1.165) is 0 Å². The summed E-state index contributed by atoms with van der Waals surface area (Å²) in [5.41, 5.74) is 7.29. The van der Waals surface area contributed by atoms with E-state index in [-0.39, 0.29) is 5.91 Å². The number of carbonyl (C=O) groups excluding carboxylic acids is 1. The van der Waals surface area contributed by atoms with E-state index in [2.05, 4.69) is 5.10 Å². The van der Waals surface area contributed by atoms with Crippen molar-refractivity contribution in [2.24, 2.45) is 7.05 Å². The van der Waals surface area contributed by atoms with Crippen LogP contribution in [-0.4, -0.2) is 45.4 Å². The molecule has 0 aliphatic heterocycles. The molecule has 1 amide bonds. The van der Waals surface area contributed by atoms with Gasteiger partial charge in [-0.25, -0.2) is 0 Å². The second kappa shape index (κ2) is 5.18. The van der Waals surface area contributed by atoms with Gasteiger partial charge in [-0.2, -0.15) is 5.10 Å². The van der Waals surface area contributed by atoms with Gasteiger partial charge in [-0.1, -0.05) is 0 Å². The molecule has 6 nitrogen and oxygen atoms in total. The highest BCUT2D eigenvalue weighted by Crippen LogP contribution is 2.17. The first-order valence-corrected chi connectivity index (χ1v) is 5.57. The first-order chi connectivity index (χ1) is 7.84. The summed E-state index contributed by atoms with van der Waals surface area (Å²) in [6.45, 7) is 3.95. The molecule has 0 aromatic carbocycles. The third-order valence-corrected chi connectivity index (χ3v) is 2.70. The van der Waals surface area contributed by atoms with Gasteiger partial charge in [0, 0.05) is 20.6 Å². The minimum atomic E-state index is -0.420. The molecule has 0 radical (unpaired) electrons. The van der Waals surface area contributed by atoms with E-state index >= 15 is 0 Å². The lowest BCUT2D eigenvalue weighted by Gasteiger charge is -2.18. The molecule has 17 heavy (non-hydrogen) atoms. The van der Waals surface area contributed by atoms with Crippen molar-refractivity contribution in [2.45, 2.75) is 26.4 Å². The van der Waals surface area contributed by atoms with Crippen molar-refractivity contribution in [1.29, 1.82) is 0 Å². The fraction of sp³-hybridized carbons (Fsp3) is 0.636. The zero-order chi connectivity index (χ0) is 13.2. The number of aliphatic hydroxyl groups is 1. The second-order valence-corrected chi connectivity index (χ2v) is 4.34. The molecule has 0 bridgehead atoms. The number of aliphatic hydroxyl groups excluding tert-OH is 1. The number of hydrogen-bond donors (Lipinski definition) is 2. The molecule has 1 aromatic rings. The zero-order valence-corrected chi connectivity index (χ0v) is 10.8. The van der Waals surface area contributed by atoms with E-state index in [9.17, 15) is 9.90 Å². The molecule has 0 saturated heterocycles. The molecular weight excluding hydrogens is 220 g/mol. The Hall–Kier alpha value is -1.56. The number of aryl methyl sites for hydroxylation is 2. The molecule has 0 aliphatic carbocycles. The Morgan fingerprint density at radius 3 is 2.65 bits per heavy atom. The minimum absolute atomic E-state index is 0.175. The Kier molecular flexibility index (Phi) is 4.11. The summed E-state index contributed by atoms with van der Waals surface area (Å²) in [5, 5.41) is 13.3. The minimum Gasteiger partial charge on any atom is -0.395 e. The van der Waals surface area contributed by atoms with Gasteiger partial charge in [0.25, 0.3) is 5.91 Å². The van der Waals surface area contributed by atoms with E-state index in [0.29, 0.717) is 30.0 Å². The first-order valence-electron chi connectivity index (χ1n) is 5.57. The number of nitrogens with zero attached hydrogens (tertiary/aromatic N) is 3. The van der Waals surface area contributed by atoms with Crippen LogP contribution in [0.5, 0.6) is 0 Å². The topological polar surface area (TPSA) is 84.4 Å². The summed E-state index contributed by atoms with van der Waals surface area (Å²) in [7, 11) is 3.38. The average molecular weight is 240 g/mol. The Bertz CT molecular complexity index is 412. The number of nitrogens with two attached hydrogens (primary N) is 1. The largest absolute Gasteiger partial charge is 0.395 e. The van der Waals surface area contributed by atoms with Gasteiger partial charge < -0.3 is 15.7 Å². The number of amides is 1. The number of aromatic nitrogens is 2. The first kappa shape index (κ1) is 13.5. The predicted molar refractivity (Wildman–Crippen MR) is 65.6 cm³/mol. The Labute approximate surface area is 101 Å². The average Bonchev–Trinajstić information content (AvgIpc) is 2.49. The van der Waals surface area contributed by atoms with Crippen LogP contribution in [0.15, 0.2) is 0 Å². The van der Waals surface area contributed by atoms with Gasteiger partial charge in [-0.15, -0.1) is 0 Å². The van der Waals surface area contributed by atoms with Crippen molar-refractivity contribution in [3.63, 3.8) is 0 Å². The molecule has 1 aromatic heterocycles. The lowest BCUT2D eigenvalue weighted by atomic mass is 10.2. The van der Waals surface area contributed by atoms with Crippen LogP contribution in [0.2, 0.25) is 0 Å². The van der Waals surface area contributed by atoms with Gasteiger partial charge in [0.15, 0.2) is 0 Å². The molecule has 6 heteroatoms. The van der Waals surface area contributed by atoms with Crippen LogP contribution in [-0.2, 0) is 7.05 Å². The fourth-order valence-corrected chi connectivity index (χ4v) is 1.59. The van der Waals surface area contributed by atoms with Crippen LogP contribution in [0.1, 0.15) is 29.5 Å². The van der Waals surface area contributed by atoms with Crippen molar-refractivity contribution < 1.29 is 9.90 Å². The summed E-state index contributed by atoms with van der Waals surface area (Å²) < 4.78 is 1.49. The molecule has 3 N–H and O–H groups in total. The highest BCUT2D eigenvalue weighted by molar-refractivity contribution is 5.97. The van der Waals surface area contributed by atoms with Crippen LogP contribution >= 0.6 is 0 Å².